The number of carbonyl (C=O) groups excluding carboxylic acids is 1. The van der Waals surface area contributed by atoms with Crippen LogP contribution in [0.2, 0.25) is 0 Å². The van der Waals surface area contributed by atoms with Crippen molar-refractivity contribution in [3.05, 3.63) is 41.0 Å². The summed E-state index contributed by atoms with van der Waals surface area (Å²) in [5.74, 6) is 0.729. The molecule has 2 aromatic rings. The standard InChI is InChI=1S/C17H21N5O2/c1-12-6-14(8-18-7-12)17(23)21-4-5-22-16(9-21)15(19-20-22)11-24-10-13-2-3-13/h6-8,13H,2-5,9-11H2,1H3. The van der Waals surface area contributed by atoms with Crippen LogP contribution < -0.4 is 0 Å². The van der Waals surface area contributed by atoms with Gasteiger partial charge in [0.15, 0.2) is 0 Å². The van der Waals surface area contributed by atoms with Crippen LogP contribution >= 0.6 is 0 Å². The molecular formula is C17H21N5O2. The number of hydrogen-bond donors (Lipinski definition) is 0. The Morgan fingerprint density at radius 2 is 2.21 bits per heavy atom. The fraction of sp³-hybridized carbons (Fsp3) is 0.529. The predicted molar refractivity (Wildman–Crippen MR) is 86.1 cm³/mol. The Kier molecular flexibility index (Phi) is 4.02. The van der Waals surface area contributed by atoms with Crippen molar-refractivity contribution in [2.45, 2.75) is 39.5 Å². The van der Waals surface area contributed by atoms with E-state index in [1.54, 1.807) is 12.4 Å². The minimum Gasteiger partial charge on any atom is -0.375 e. The maximum atomic E-state index is 12.7. The van der Waals surface area contributed by atoms with E-state index in [-0.39, 0.29) is 5.91 Å². The lowest BCUT2D eigenvalue weighted by Gasteiger charge is -2.27. The van der Waals surface area contributed by atoms with Crippen LogP contribution in [-0.4, -0.2) is 43.9 Å². The molecule has 1 fully saturated rings. The van der Waals surface area contributed by atoms with Crippen molar-refractivity contribution in [2.24, 2.45) is 5.92 Å². The molecule has 1 aliphatic carbocycles. The van der Waals surface area contributed by atoms with Gasteiger partial charge in [-0.1, -0.05) is 5.21 Å². The van der Waals surface area contributed by atoms with E-state index in [1.165, 1.54) is 12.8 Å². The van der Waals surface area contributed by atoms with Gasteiger partial charge in [0.25, 0.3) is 5.91 Å². The molecule has 0 N–H and O–H groups in total. The average molecular weight is 327 g/mol. The lowest BCUT2D eigenvalue weighted by Crippen LogP contribution is -2.38. The van der Waals surface area contributed by atoms with E-state index in [0.29, 0.717) is 31.8 Å². The molecule has 0 spiro atoms. The van der Waals surface area contributed by atoms with E-state index in [4.69, 9.17) is 4.74 Å². The van der Waals surface area contributed by atoms with Crippen molar-refractivity contribution in [1.82, 2.24) is 24.9 Å². The molecule has 4 rings (SSSR count). The number of carbonyl (C=O) groups is 1. The highest BCUT2D eigenvalue weighted by molar-refractivity contribution is 5.94. The first-order valence-electron chi connectivity index (χ1n) is 8.40. The molecule has 0 atom stereocenters. The van der Waals surface area contributed by atoms with Gasteiger partial charge in [0, 0.05) is 25.5 Å². The Balaban J connectivity index is 1.45. The average Bonchev–Trinajstić information content (AvgIpc) is 3.33. The van der Waals surface area contributed by atoms with Crippen LogP contribution in [0.15, 0.2) is 18.5 Å². The van der Waals surface area contributed by atoms with Crippen molar-refractivity contribution >= 4 is 5.91 Å². The Labute approximate surface area is 140 Å². The van der Waals surface area contributed by atoms with Crippen LogP contribution in [0.25, 0.3) is 0 Å². The summed E-state index contributed by atoms with van der Waals surface area (Å²) in [5, 5.41) is 8.42. The molecule has 2 aliphatic rings. The number of amides is 1. The van der Waals surface area contributed by atoms with Gasteiger partial charge in [0.1, 0.15) is 5.69 Å². The van der Waals surface area contributed by atoms with Gasteiger partial charge in [-0.15, -0.1) is 5.10 Å². The van der Waals surface area contributed by atoms with Gasteiger partial charge in [-0.05, 0) is 37.3 Å². The summed E-state index contributed by atoms with van der Waals surface area (Å²) in [6.45, 7) is 5.02. The molecule has 24 heavy (non-hydrogen) atoms. The summed E-state index contributed by atoms with van der Waals surface area (Å²) < 4.78 is 7.62. The number of aryl methyl sites for hydroxylation is 1. The number of pyridine rings is 1. The summed E-state index contributed by atoms with van der Waals surface area (Å²) >= 11 is 0. The molecule has 1 amide bonds. The molecule has 1 saturated carbocycles. The quantitative estimate of drug-likeness (QED) is 0.833. The Bertz CT molecular complexity index is 753. The van der Waals surface area contributed by atoms with E-state index >= 15 is 0 Å². The number of aromatic nitrogens is 4. The minimum absolute atomic E-state index is 0.00324. The van der Waals surface area contributed by atoms with Crippen molar-refractivity contribution < 1.29 is 9.53 Å². The van der Waals surface area contributed by atoms with Gasteiger partial charge in [0.05, 0.1) is 31.0 Å². The molecule has 0 unspecified atom stereocenters. The lowest BCUT2D eigenvalue weighted by molar-refractivity contribution is 0.0699. The van der Waals surface area contributed by atoms with Gasteiger partial charge >= 0.3 is 0 Å². The molecule has 0 aromatic carbocycles. The number of hydrogen-bond acceptors (Lipinski definition) is 5. The van der Waals surface area contributed by atoms with Crippen LogP contribution in [-0.2, 0) is 24.4 Å². The van der Waals surface area contributed by atoms with Crippen LogP contribution in [0.5, 0.6) is 0 Å². The topological polar surface area (TPSA) is 73.1 Å². The summed E-state index contributed by atoms with van der Waals surface area (Å²) in [7, 11) is 0. The highest BCUT2D eigenvalue weighted by Gasteiger charge is 2.26. The van der Waals surface area contributed by atoms with Gasteiger partial charge in [-0.3, -0.25) is 9.78 Å². The Morgan fingerprint density at radius 1 is 1.33 bits per heavy atom. The molecule has 0 saturated heterocycles. The predicted octanol–water partition coefficient (Wildman–Crippen LogP) is 1.56. The third kappa shape index (κ3) is 3.17. The molecular weight excluding hydrogens is 306 g/mol. The van der Waals surface area contributed by atoms with Crippen molar-refractivity contribution in [3.8, 4) is 0 Å². The lowest BCUT2D eigenvalue weighted by atomic mass is 10.1. The molecule has 2 aromatic heterocycles. The van der Waals surface area contributed by atoms with Gasteiger partial charge in [-0.2, -0.15) is 0 Å². The van der Waals surface area contributed by atoms with Gasteiger partial charge in [-0.25, -0.2) is 4.68 Å². The molecule has 0 bridgehead atoms. The van der Waals surface area contributed by atoms with Crippen LogP contribution in [0, 0.1) is 12.8 Å². The molecule has 3 heterocycles. The maximum Gasteiger partial charge on any atom is 0.255 e. The van der Waals surface area contributed by atoms with Crippen LogP contribution in [0.1, 0.15) is 40.2 Å². The third-order valence-electron chi connectivity index (χ3n) is 4.54. The van der Waals surface area contributed by atoms with Gasteiger partial charge in [0.2, 0.25) is 0 Å². The van der Waals surface area contributed by atoms with Gasteiger partial charge < -0.3 is 9.64 Å². The fourth-order valence-corrected chi connectivity index (χ4v) is 2.94. The molecule has 7 nitrogen and oxygen atoms in total. The van der Waals surface area contributed by atoms with Crippen molar-refractivity contribution in [1.29, 1.82) is 0 Å². The first-order chi connectivity index (χ1) is 11.7. The Hall–Kier alpha value is -2.28. The van der Waals surface area contributed by atoms with Crippen LogP contribution in [0.3, 0.4) is 0 Å². The van der Waals surface area contributed by atoms with Crippen molar-refractivity contribution in [2.75, 3.05) is 13.2 Å². The maximum absolute atomic E-state index is 12.7. The van der Waals surface area contributed by atoms with E-state index in [9.17, 15) is 4.79 Å². The SMILES string of the molecule is Cc1cncc(C(=O)N2CCn3nnc(COCC4CC4)c3C2)c1. The van der Waals surface area contributed by atoms with E-state index < -0.39 is 0 Å². The third-order valence-corrected chi connectivity index (χ3v) is 4.54. The monoisotopic (exact) mass is 327 g/mol. The zero-order chi connectivity index (χ0) is 16.5. The van der Waals surface area contributed by atoms with E-state index in [0.717, 1.165) is 29.5 Å². The number of fused-ring (bicyclic) bond motifs is 1. The fourth-order valence-electron chi connectivity index (χ4n) is 2.94. The second-order valence-electron chi connectivity index (χ2n) is 6.64. The Morgan fingerprint density at radius 3 is 3.00 bits per heavy atom. The highest BCUT2D eigenvalue weighted by Crippen LogP contribution is 2.29. The van der Waals surface area contributed by atoms with Crippen LogP contribution in [0.4, 0.5) is 0 Å². The largest absolute Gasteiger partial charge is 0.375 e. The number of rotatable bonds is 5. The van der Waals surface area contributed by atoms with E-state index in [2.05, 4.69) is 15.3 Å². The smallest absolute Gasteiger partial charge is 0.255 e. The normalized spacial score (nSPS) is 17.0. The van der Waals surface area contributed by atoms with E-state index in [1.807, 2.05) is 22.6 Å². The second-order valence-corrected chi connectivity index (χ2v) is 6.64. The summed E-state index contributed by atoms with van der Waals surface area (Å²) in [6.07, 6.45) is 5.92. The van der Waals surface area contributed by atoms with Crippen molar-refractivity contribution in [3.63, 3.8) is 0 Å². The number of ether oxygens (including phenoxy) is 1. The molecule has 0 radical (unpaired) electrons. The molecule has 126 valence electrons. The number of nitrogens with zero attached hydrogens (tertiary/aromatic N) is 5. The summed E-state index contributed by atoms with van der Waals surface area (Å²) in [6, 6.07) is 1.87. The highest BCUT2D eigenvalue weighted by atomic mass is 16.5. The summed E-state index contributed by atoms with van der Waals surface area (Å²) in [4.78, 5) is 18.7. The second kappa shape index (κ2) is 6.32. The summed E-state index contributed by atoms with van der Waals surface area (Å²) in [5.41, 5.74) is 3.43. The first-order valence-corrected chi connectivity index (χ1v) is 8.40. The molecule has 1 aliphatic heterocycles. The minimum atomic E-state index is 0.00324. The zero-order valence-electron chi connectivity index (χ0n) is 13.8. The molecule has 7 heteroatoms. The first kappa shape index (κ1) is 15.3. The zero-order valence-corrected chi connectivity index (χ0v) is 13.8.